The van der Waals surface area contributed by atoms with Crippen LogP contribution in [0.3, 0.4) is 0 Å². The van der Waals surface area contributed by atoms with Gasteiger partial charge in [0.25, 0.3) is 5.91 Å². The number of imide groups is 1. The van der Waals surface area contributed by atoms with Gasteiger partial charge in [-0.3, -0.25) is 14.6 Å². The predicted octanol–water partition coefficient (Wildman–Crippen LogP) is 3.48. The van der Waals surface area contributed by atoms with E-state index in [2.05, 4.69) is 39.4 Å². The summed E-state index contributed by atoms with van der Waals surface area (Å²) in [7, 11) is 0. The quantitative estimate of drug-likeness (QED) is 0.651. The third kappa shape index (κ3) is 4.21. The fraction of sp³-hybridized carbons (Fsp3) is 0.440. The smallest absolute Gasteiger partial charge is 0.325 e. The summed E-state index contributed by atoms with van der Waals surface area (Å²) in [6.45, 7) is 5.40. The number of benzene rings is 2. The summed E-state index contributed by atoms with van der Waals surface area (Å²) in [4.78, 5) is 32.5. The van der Waals surface area contributed by atoms with Crippen LogP contribution in [0.15, 0.2) is 60.7 Å². The molecule has 1 atom stereocenters. The van der Waals surface area contributed by atoms with Gasteiger partial charge in [0.15, 0.2) is 0 Å². The second kappa shape index (κ2) is 9.51. The van der Waals surface area contributed by atoms with E-state index in [-0.39, 0.29) is 30.3 Å². The first-order valence-electron chi connectivity index (χ1n) is 11.4. The van der Waals surface area contributed by atoms with Gasteiger partial charge in [-0.15, -0.1) is 12.4 Å². The average Bonchev–Trinajstić information content (AvgIpc) is 3.64. The maximum atomic E-state index is 13.4. The van der Waals surface area contributed by atoms with E-state index in [9.17, 15) is 9.59 Å². The van der Waals surface area contributed by atoms with E-state index in [4.69, 9.17) is 0 Å². The van der Waals surface area contributed by atoms with Crippen molar-refractivity contribution in [3.8, 4) is 0 Å². The minimum Gasteiger partial charge on any atom is -0.369 e. The van der Waals surface area contributed by atoms with Crippen LogP contribution in [0, 0.1) is 5.92 Å². The monoisotopic (exact) mass is 454 g/mol. The number of halogens is 1. The summed E-state index contributed by atoms with van der Waals surface area (Å²) in [5.74, 6) is 0.141. The minimum absolute atomic E-state index is 0. The highest BCUT2D eigenvalue weighted by molar-refractivity contribution is 6.07. The highest BCUT2D eigenvalue weighted by Gasteiger charge is 2.59. The Kier molecular flexibility index (Phi) is 6.72. The normalized spacial score (nSPS) is 23.8. The van der Waals surface area contributed by atoms with Crippen molar-refractivity contribution in [3.63, 3.8) is 0 Å². The number of hydrogen-bond acceptors (Lipinski definition) is 4. The van der Waals surface area contributed by atoms with Gasteiger partial charge in [0.05, 0.1) is 0 Å². The number of hydrogen-bond donors (Lipinski definition) is 1. The lowest BCUT2D eigenvalue weighted by Crippen LogP contribution is -2.47. The Morgan fingerprint density at radius 1 is 0.844 bits per heavy atom. The van der Waals surface area contributed by atoms with E-state index >= 15 is 0 Å². The Bertz CT molecular complexity index is 929. The SMILES string of the molecule is Cl.O=C1NC(c2ccccc2)(C2CC2)C(=O)N1CCCN1CCN(c2ccccc2)CC1. The molecule has 2 aromatic rings. The molecular weight excluding hydrogens is 424 g/mol. The first-order chi connectivity index (χ1) is 15.2. The van der Waals surface area contributed by atoms with Gasteiger partial charge in [-0.05, 0) is 49.4 Å². The first-order valence-corrected chi connectivity index (χ1v) is 11.4. The lowest BCUT2D eigenvalue weighted by Gasteiger charge is -2.36. The molecule has 0 aromatic heterocycles. The zero-order chi connectivity index (χ0) is 21.3. The zero-order valence-corrected chi connectivity index (χ0v) is 19.1. The van der Waals surface area contributed by atoms with Crippen molar-refractivity contribution in [3.05, 3.63) is 66.2 Å². The molecule has 1 unspecified atom stereocenters. The zero-order valence-electron chi connectivity index (χ0n) is 18.3. The molecule has 1 aliphatic carbocycles. The molecule has 6 nitrogen and oxygen atoms in total. The Labute approximate surface area is 196 Å². The molecule has 3 amide bonds. The molecule has 0 bridgehead atoms. The number of carbonyl (C=O) groups is 2. The topological polar surface area (TPSA) is 55.9 Å². The second-order valence-corrected chi connectivity index (χ2v) is 8.85. The van der Waals surface area contributed by atoms with Gasteiger partial charge >= 0.3 is 6.03 Å². The third-order valence-corrected chi connectivity index (χ3v) is 6.90. The molecule has 2 aromatic carbocycles. The van der Waals surface area contributed by atoms with E-state index in [1.54, 1.807) is 0 Å². The summed E-state index contributed by atoms with van der Waals surface area (Å²) in [6, 6.07) is 20.0. The van der Waals surface area contributed by atoms with Gasteiger partial charge in [-0.1, -0.05) is 48.5 Å². The standard InChI is InChI=1S/C25H30N4O2.ClH/c30-23-25(21-12-13-21,20-8-3-1-4-9-20)26-24(31)29(23)15-7-14-27-16-18-28(19-17-27)22-10-5-2-6-11-22;/h1-6,8-11,21H,7,12-19H2,(H,26,31);1H. The van der Waals surface area contributed by atoms with Crippen LogP contribution in [-0.4, -0.2) is 61.0 Å². The van der Waals surface area contributed by atoms with Crippen molar-refractivity contribution < 1.29 is 9.59 Å². The van der Waals surface area contributed by atoms with Crippen molar-refractivity contribution in [2.24, 2.45) is 5.92 Å². The molecule has 2 heterocycles. The molecule has 5 rings (SSSR count). The van der Waals surface area contributed by atoms with Crippen molar-refractivity contribution >= 4 is 30.0 Å². The largest absolute Gasteiger partial charge is 0.369 e. The number of anilines is 1. The fourth-order valence-corrected chi connectivity index (χ4v) is 5.04. The molecule has 3 fully saturated rings. The summed E-state index contributed by atoms with van der Waals surface area (Å²) in [6.07, 6.45) is 2.78. The van der Waals surface area contributed by atoms with Gasteiger partial charge in [-0.2, -0.15) is 0 Å². The van der Waals surface area contributed by atoms with E-state index in [0.717, 1.165) is 57.5 Å². The number of amides is 3. The molecule has 0 radical (unpaired) electrons. The lowest BCUT2D eigenvalue weighted by atomic mass is 9.85. The number of nitrogens with zero attached hydrogens (tertiary/aromatic N) is 3. The highest BCUT2D eigenvalue weighted by atomic mass is 35.5. The Morgan fingerprint density at radius 3 is 2.09 bits per heavy atom. The Balaban J connectivity index is 0.00000245. The van der Waals surface area contributed by atoms with Crippen molar-refractivity contribution in [1.29, 1.82) is 0 Å². The van der Waals surface area contributed by atoms with Crippen LogP contribution in [0.25, 0.3) is 0 Å². The number of rotatable bonds is 7. The molecular formula is C25H31ClN4O2. The molecule has 32 heavy (non-hydrogen) atoms. The van der Waals surface area contributed by atoms with Gasteiger partial charge < -0.3 is 10.2 Å². The summed E-state index contributed by atoms with van der Waals surface area (Å²) in [5.41, 5.74) is 1.33. The minimum atomic E-state index is -0.861. The summed E-state index contributed by atoms with van der Waals surface area (Å²) >= 11 is 0. The molecule has 1 saturated carbocycles. The van der Waals surface area contributed by atoms with E-state index in [0.29, 0.717) is 6.54 Å². The predicted molar refractivity (Wildman–Crippen MR) is 128 cm³/mol. The van der Waals surface area contributed by atoms with Gasteiger partial charge in [-0.25, -0.2) is 4.79 Å². The van der Waals surface area contributed by atoms with E-state index < -0.39 is 5.54 Å². The van der Waals surface area contributed by atoms with Crippen LogP contribution in [0.4, 0.5) is 10.5 Å². The summed E-state index contributed by atoms with van der Waals surface area (Å²) in [5, 5.41) is 3.08. The first kappa shape index (κ1) is 22.6. The van der Waals surface area contributed by atoms with Crippen LogP contribution in [0.1, 0.15) is 24.8 Å². The molecule has 7 heteroatoms. The fourth-order valence-electron chi connectivity index (χ4n) is 5.04. The van der Waals surface area contributed by atoms with E-state index in [1.807, 2.05) is 36.4 Å². The average molecular weight is 455 g/mol. The Morgan fingerprint density at radius 2 is 1.47 bits per heavy atom. The van der Waals surface area contributed by atoms with Crippen LogP contribution in [0.5, 0.6) is 0 Å². The molecule has 2 saturated heterocycles. The molecule has 3 aliphatic rings. The molecule has 1 N–H and O–H groups in total. The van der Waals surface area contributed by atoms with Crippen LogP contribution < -0.4 is 10.2 Å². The van der Waals surface area contributed by atoms with Gasteiger partial charge in [0.1, 0.15) is 5.54 Å². The van der Waals surface area contributed by atoms with Gasteiger partial charge in [0.2, 0.25) is 0 Å². The summed E-state index contributed by atoms with van der Waals surface area (Å²) < 4.78 is 0. The Hall–Kier alpha value is -2.57. The van der Waals surface area contributed by atoms with Crippen molar-refractivity contribution in [2.45, 2.75) is 24.8 Å². The number of piperazine rings is 1. The number of urea groups is 1. The third-order valence-electron chi connectivity index (χ3n) is 6.90. The maximum Gasteiger partial charge on any atom is 0.325 e. The number of para-hydroxylation sites is 1. The lowest BCUT2D eigenvalue weighted by molar-refractivity contribution is -0.132. The number of carbonyl (C=O) groups excluding carboxylic acids is 2. The van der Waals surface area contributed by atoms with Crippen LogP contribution >= 0.6 is 12.4 Å². The highest BCUT2D eigenvalue weighted by Crippen LogP contribution is 2.48. The molecule has 0 spiro atoms. The maximum absolute atomic E-state index is 13.4. The molecule has 170 valence electrons. The number of nitrogens with one attached hydrogen (secondary N) is 1. The second-order valence-electron chi connectivity index (χ2n) is 8.85. The van der Waals surface area contributed by atoms with Crippen molar-refractivity contribution in [1.82, 2.24) is 15.1 Å². The van der Waals surface area contributed by atoms with Gasteiger partial charge in [0, 0.05) is 38.4 Å². The molecule has 2 aliphatic heterocycles. The van der Waals surface area contributed by atoms with Crippen LogP contribution in [-0.2, 0) is 10.3 Å². The van der Waals surface area contributed by atoms with Crippen LogP contribution in [0.2, 0.25) is 0 Å². The van der Waals surface area contributed by atoms with E-state index in [1.165, 1.54) is 10.6 Å². The van der Waals surface area contributed by atoms with Crippen molar-refractivity contribution in [2.75, 3.05) is 44.2 Å².